The lowest BCUT2D eigenvalue weighted by molar-refractivity contribution is -0.121. The fourth-order valence-corrected chi connectivity index (χ4v) is 4.55. The third-order valence-corrected chi connectivity index (χ3v) is 6.02. The van der Waals surface area contributed by atoms with Crippen LogP contribution in [0.1, 0.15) is 18.1 Å². The van der Waals surface area contributed by atoms with E-state index in [-0.39, 0.29) is 5.91 Å². The van der Waals surface area contributed by atoms with Crippen LogP contribution >= 0.6 is 24.0 Å². The Kier molecular flexibility index (Phi) is 5.46. The van der Waals surface area contributed by atoms with Crippen LogP contribution in [0.4, 0.5) is 0 Å². The van der Waals surface area contributed by atoms with Gasteiger partial charge in [0.15, 0.2) is 0 Å². The molecule has 3 aromatic rings. The lowest BCUT2D eigenvalue weighted by Crippen LogP contribution is -2.27. The number of likely N-dealkylation sites (N-methyl/N-ethyl adjacent to an activating group) is 1. The van der Waals surface area contributed by atoms with E-state index in [4.69, 9.17) is 17.0 Å². The molecule has 0 unspecified atom stereocenters. The molecule has 3 nitrogen and oxygen atoms in total. The Morgan fingerprint density at radius 3 is 2.54 bits per heavy atom. The summed E-state index contributed by atoms with van der Waals surface area (Å²) in [5.41, 5.74) is 2.11. The van der Waals surface area contributed by atoms with E-state index >= 15 is 0 Å². The maximum Gasteiger partial charge on any atom is 0.266 e. The topological polar surface area (TPSA) is 29.5 Å². The van der Waals surface area contributed by atoms with E-state index in [0.717, 1.165) is 16.9 Å². The summed E-state index contributed by atoms with van der Waals surface area (Å²) < 4.78 is 6.60. The molecular weight excluding hydrogens is 386 g/mol. The predicted molar refractivity (Wildman–Crippen MR) is 120 cm³/mol. The highest BCUT2D eigenvalue weighted by Gasteiger charge is 2.30. The first-order chi connectivity index (χ1) is 13.7. The van der Waals surface area contributed by atoms with Gasteiger partial charge in [0.2, 0.25) is 0 Å². The van der Waals surface area contributed by atoms with Crippen molar-refractivity contribution in [2.45, 2.75) is 13.5 Å². The van der Waals surface area contributed by atoms with Crippen molar-refractivity contribution in [1.29, 1.82) is 0 Å². The summed E-state index contributed by atoms with van der Waals surface area (Å²) in [4.78, 5) is 14.6. The van der Waals surface area contributed by atoms with Crippen molar-refractivity contribution in [3.05, 3.63) is 82.8 Å². The average molecular weight is 406 g/mol. The summed E-state index contributed by atoms with van der Waals surface area (Å²) in [7, 11) is 0. The Labute approximate surface area is 174 Å². The van der Waals surface area contributed by atoms with Gasteiger partial charge in [0.05, 0.1) is 4.91 Å². The van der Waals surface area contributed by atoms with Gasteiger partial charge in [-0.1, -0.05) is 78.6 Å². The molecule has 0 bridgehead atoms. The number of thioether (sulfide) groups is 1. The van der Waals surface area contributed by atoms with Crippen LogP contribution in [0.3, 0.4) is 0 Å². The first-order valence-corrected chi connectivity index (χ1v) is 10.3. The summed E-state index contributed by atoms with van der Waals surface area (Å²) in [5.74, 6) is 0.778. The molecule has 4 rings (SSSR count). The minimum Gasteiger partial charge on any atom is -0.489 e. The number of hydrogen-bond acceptors (Lipinski definition) is 4. The van der Waals surface area contributed by atoms with Crippen LogP contribution in [0.15, 0.2) is 71.6 Å². The minimum atomic E-state index is -0.0196. The number of carbonyl (C=O) groups is 1. The molecule has 0 aromatic heterocycles. The standard InChI is InChI=1S/C23H19NO2S2/c1-2-24-22(25)21(28-23(24)27)14-16-10-12-19(13-11-16)26-15-18-8-5-7-17-6-3-4-9-20(17)18/h3-14H,2,15H2,1H3/b21-14-. The van der Waals surface area contributed by atoms with Gasteiger partial charge in [-0.05, 0) is 47.0 Å². The quantitative estimate of drug-likeness (QED) is 0.406. The van der Waals surface area contributed by atoms with Crippen LogP contribution in [-0.2, 0) is 11.4 Å². The lowest BCUT2D eigenvalue weighted by atomic mass is 10.1. The van der Waals surface area contributed by atoms with Gasteiger partial charge in [0, 0.05) is 6.54 Å². The predicted octanol–water partition coefficient (Wildman–Crippen LogP) is 5.64. The number of amides is 1. The molecule has 0 saturated carbocycles. The molecule has 0 atom stereocenters. The number of thiocarbonyl (C=S) groups is 1. The van der Waals surface area contributed by atoms with Crippen molar-refractivity contribution in [1.82, 2.24) is 4.90 Å². The Bertz CT molecular complexity index is 1070. The maximum absolute atomic E-state index is 12.3. The van der Waals surface area contributed by atoms with Crippen molar-refractivity contribution < 1.29 is 9.53 Å². The third kappa shape index (κ3) is 3.81. The number of ether oxygens (including phenoxy) is 1. The van der Waals surface area contributed by atoms with Gasteiger partial charge in [-0.15, -0.1) is 0 Å². The van der Waals surface area contributed by atoms with E-state index in [1.54, 1.807) is 4.90 Å². The van der Waals surface area contributed by atoms with Gasteiger partial charge in [-0.2, -0.15) is 0 Å². The molecule has 1 saturated heterocycles. The van der Waals surface area contributed by atoms with Crippen LogP contribution in [0.25, 0.3) is 16.8 Å². The average Bonchev–Trinajstić information content (AvgIpc) is 2.99. The van der Waals surface area contributed by atoms with Crippen molar-refractivity contribution in [2.75, 3.05) is 6.54 Å². The van der Waals surface area contributed by atoms with E-state index in [9.17, 15) is 4.79 Å². The smallest absolute Gasteiger partial charge is 0.266 e. The number of rotatable bonds is 5. The second-order valence-corrected chi connectivity index (χ2v) is 8.10. The zero-order valence-electron chi connectivity index (χ0n) is 15.4. The van der Waals surface area contributed by atoms with Crippen LogP contribution in [0.2, 0.25) is 0 Å². The first kappa shape index (κ1) is 18.7. The molecule has 1 aliphatic heterocycles. The zero-order chi connectivity index (χ0) is 19.5. The highest BCUT2D eigenvalue weighted by Crippen LogP contribution is 2.32. The summed E-state index contributed by atoms with van der Waals surface area (Å²) in [5, 5.41) is 2.42. The van der Waals surface area contributed by atoms with E-state index in [1.165, 1.54) is 22.5 Å². The number of hydrogen-bond donors (Lipinski definition) is 0. The van der Waals surface area contributed by atoms with Gasteiger partial charge in [0.25, 0.3) is 5.91 Å². The molecule has 1 heterocycles. The van der Waals surface area contributed by atoms with Gasteiger partial charge >= 0.3 is 0 Å². The van der Waals surface area contributed by atoms with Crippen molar-refractivity contribution in [2.24, 2.45) is 0 Å². The molecule has 1 aliphatic rings. The molecule has 1 fully saturated rings. The molecule has 0 N–H and O–H groups in total. The van der Waals surface area contributed by atoms with Crippen molar-refractivity contribution in [3.8, 4) is 5.75 Å². The van der Waals surface area contributed by atoms with Crippen molar-refractivity contribution >= 4 is 51.1 Å². The number of benzene rings is 3. The Hall–Kier alpha value is -2.63. The Morgan fingerprint density at radius 2 is 1.79 bits per heavy atom. The van der Waals surface area contributed by atoms with Gasteiger partial charge in [0.1, 0.15) is 16.7 Å². The lowest BCUT2D eigenvalue weighted by Gasteiger charge is -2.10. The Morgan fingerprint density at radius 1 is 1.04 bits per heavy atom. The van der Waals surface area contributed by atoms with Gasteiger partial charge in [-0.3, -0.25) is 9.69 Å². The second-order valence-electron chi connectivity index (χ2n) is 6.42. The second kappa shape index (κ2) is 8.17. The molecule has 140 valence electrons. The Balaban J connectivity index is 1.46. The highest BCUT2D eigenvalue weighted by atomic mass is 32.2. The zero-order valence-corrected chi connectivity index (χ0v) is 17.1. The molecular formula is C23H19NO2S2. The molecule has 1 amide bonds. The molecule has 0 spiro atoms. The van der Waals surface area contributed by atoms with Crippen molar-refractivity contribution in [3.63, 3.8) is 0 Å². The van der Waals surface area contributed by atoms with Crippen LogP contribution in [0.5, 0.6) is 5.75 Å². The minimum absolute atomic E-state index is 0.0196. The number of nitrogens with zero attached hydrogens (tertiary/aromatic N) is 1. The fourth-order valence-electron chi connectivity index (χ4n) is 3.16. The number of fused-ring (bicyclic) bond motifs is 1. The molecule has 3 aromatic carbocycles. The SMILES string of the molecule is CCN1C(=O)/C(=C/c2ccc(OCc3cccc4ccccc34)cc2)SC1=S. The molecule has 5 heteroatoms. The molecule has 0 aliphatic carbocycles. The maximum atomic E-state index is 12.3. The van der Waals surface area contributed by atoms with E-state index in [1.807, 2.05) is 49.4 Å². The van der Waals surface area contributed by atoms with Gasteiger partial charge < -0.3 is 4.74 Å². The first-order valence-electron chi connectivity index (χ1n) is 9.10. The summed E-state index contributed by atoms with van der Waals surface area (Å²) in [6.45, 7) is 3.04. The fraction of sp³-hybridized carbons (Fsp3) is 0.130. The largest absolute Gasteiger partial charge is 0.489 e. The monoisotopic (exact) mass is 405 g/mol. The van der Waals surface area contributed by atoms with Crippen LogP contribution < -0.4 is 4.74 Å². The third-order valence-electron chi connectivity index (χ3n) is 4.64. The molecule has 28 heavy (non-hydrogen) atoms. The summed E-state index contributed by atoms with van der Waals surface area (Å²) in [6.07, 6.45) is 1.88. The highest BCUT2D eigenvalue weighted by molar-refractivity contribution is 8.26. The number of carbonyl (C=O) groups excluding carboxylic acids is 1. The summed E-state index contributed by atoms with van der Waals surface area (Å²) >= 11 is 6.60. The van der Waals surface area contributed by atoms with E-state index in [0.29, 0.717) is 22.4 Å². The summed E-state index contributed by atoms with van der Waals surface area (Å²) in [6, 6.07) is 22.3. The van der Waals surface area contributed by atoms with Gasteiger partial charge in [-0.25, -0.2) is 0 Å². The normalized spacial score (nSPS) is 15.6. The van der Waals surface area contributed by atoms with E-state index in [2.05, 4.69) is 30.3 Å². The van der Waals surface area contributed by atoms with Crippen LogP contribution in [0, 0.1) is 0 Å². The molecule has 0 radical (unpaired) electrons. The van der Waals surface area contributed by atoms with Crippen LogP contribution in [-0.4, -0.2) is 21.7 Å². The van der Waals surface area contributed by atoms with E-state index < -0.39 is 0 Å².